The largest absolute Gasteiger partial charge is 0.355 e. The van der Waals surface area contributed by atoms with Gasteiger partial charge in [0.15, 0.2) is 0 Å². The Labute approximate surface area is 183 Å². The Morgan fingerprint density at radius 3 is 2.33 bits per heavy atom. The number of carbonyl (C=O) groups is 1. The lowest BCUT2D eigenvalue weighted by Gasteiger charge is -2.33. The number of carbonyl (C=O) groups excluding carboxylic acids is 1. The molecule has 1 saturated heterocycles. The van der Waals surface area contributed by atoms with Crippen LogP contribution >= 0.6 is 11.6 Å². The molecule has 0 unspecified atom stereocenters. The van der Waals surface area contributed by atoms with E-state index in [1.807, 2.05) is 55.1 Å². The predicted molar refractivity (Wildman–Crippen MR) is 119 cm³/mol. The third kappa shape index (κ3) is 5.82. The summed E-state index contributed by atoms with van der Waals surface area (Å²) in [6.07, 6.45) is 0.741. The lowest BCUT2D eigenvalue weighted by molar-refractivity contribution is -0.122. The van der Waals surface area contributed by atoms with Gasteiger partial charge in [-0.25, -0.2) is 8.42 Å². The number of halogens is 1. The summed E-state index contributed by atoms with van der Waals surface area (Å²) in [5.74, 6) is -0.0466. The van der Waals surface area contributed by atoms with E-state index in [9.17, 15) is 13.2 Å². The maximum absolute atomic E-state index is 13.0. The van der Waals surface area contributed by atoms with Gasteiger partial charge >= 0.3 is 0 Å². The van der Waals surface area contributed by atoms with Gasteiger partial charge in [-0.3, -0.25) is 9.69 Å². The number of benzene rings is 2. The molecule has 1 aliphatic rings. The molecule has 1 amide bonds. The predicted octanol–water partition coefficient (Wildman–Crippen LogP) is 2.62. The second-order valence-electron chi connectivity index (χ2n) is 7.68. The third-order valence-corrected chi connectivity index (χ3v) is 7.61. The first-order valence-electron chi connectivity index (χ1n) is 10.1. The van der Waals surface area contributed by atoms with Crippen molar-refractivity contribution in [2.75, 3.05) is 39.3 Å². The van der Waals surface area contributed by atoms with Crippen molar-refractivity contribution in [2.45, 2.75) is 25.2 Å². The number of nitrogens with one attached hydrogen (secondary N) is 1. The SMILES string of the molecule is Cc1ccc(S(=O)(=O)N2CCN(CC(=O)NCCc3ccc(Cl)cc3)CC2)c(C)c1. The van der Waals surface area contributed by atoms with E-state index in [4.69, 9.17) is 11.6 Å². The van der Waals surface area contributed by atoms with E-state index in [2.05, 4.69) is 5.32 Å². The van der Waals surface area contributed by atoms with Crippen molar-refractivity contribution in [3.8, 4) is 0 Å². The van der Waals surface area contributed by atoms with Crippen LogP contribution in [0.1, 0.15) is 16.7 Å². The summed E-state index contributed by atoms with van der Waals surface area (Å²) < 4.78 is 27.4. The Bertz CT molecular complexity index is 985. The Morgan fingerprint density at radius 2 is 1.70 bits per heavy atom. The molecule has 1 fully saturated rings. The first-order chi connectivity index (χ1) is 14.3. The second-order valence-corrected chi connectivity index (χ2v) is 10.0. The molecule has 0 spiro atoms. The van der Waals surface area contributed by atoms with Gasteiger partial charge in [0.05, 0.1) is 11.4 Å². The molecule has 0 radical (unpaired) electrons. The number of aryl methyl sites for hydroxylation is 2. The van der Waals surface area contributed by atoms with Crippen LogP contribution in [0.3, 0.4) is 0 Å². The van der Waals surface area contributed by atoms with Crippen molar-refractivity contribution in [1.29, 1.82) is 0 Å². The monoisotopic (exact) mass is 449 g/mol. The highest BCUT2D eigenvalue weighted by atomic mass is 35.5. The topological polar surface area (TPSA) is 69.7 Å². The standard InChI is InChI=1S/C22H28ClN3O3S/c1-17-3-8-21(18(2)15-17)30(28,29)26-13-11-25(12-14-26)16-22(27)24-10-9-19-4-6-20(23)7-5-19/h3-8,15H,9-14,16H2,1-2H3,(H,24,27). The van der Waals surface area contributed by atoms with Gasteiger partial charge in [0.1, 0.15) is 0 Å². The van der Waals surface area contributed by atoms with Crippen molar-refractivity contribution < 1.29 is 13.2 Å². The molecule has 162 valence electrons. The van der Waals surface area contributed by atoms with E-state index in [0.29, 0.717) is 42.6 Å². The zero-order valence-electron chi connectivity index (χ0n) is 17.4. The molecule has 0 saturated carbocycles. The first kappa shape index (κ1) is 22.7. The van der Waals surface area contributed by atoms with Gasteiger partial charge in [0.25, 0.3) is 0 Å². The van der Waals surface area contributed by atoms with E-state index >= 15 is 0 Å². The number of amides is 1. The zero-order chi connectivity index (χ0) is 21.7. The average molecular weight is 450 g/mol. The fourth-order valence-corrected chi connectivity index (χ4v) is 5.37. The lowest BCUT2D eigenvalue weighted by atomic mass is 10.1. The van der Waals surface area contributed by atoms with Crippen LogP contribution in [-0.2, 0) is 21.2 Å². The molecule has 0 atom stereocenters. The molecule has 2 aromatic carbocycles. The van der Waals surface area contributed by atoms with Gasteiger partial charge in [-0.05, 0) is 49.6 Å². The van der Waals surface area contributed by atoms with Crippen molar-refractivity contribution in [2.24, 2.45) is 0 Å². The molecule has 1 aliphatic heterocycles. The zero-order valence-corrected chi connectivity index (χ0v) is 19.0. The van der Waals surface area contributed by atoms with Crippen LogP contribution in [0.15, 0.2) is 47.4 Å². The number of hydrogen-bond acceptors (Lipinski definition) is 4. The van der Waals surface area contributed by atoms with Gasteiger partial charge in [-0.2, -0.15) is 4.31 Å². The molecule has 2 aromatic rings. The van der Waals surface area contributed by atoms with Crippen LogP contribution in [0.25, 0.3) is 0 Å². The van der Waals surface area contributed by atoms with E-state index in [1.165, 1.54) is 4.31 Å². The van der Waals surface area contributed by atoms with Gasteiger partial charge in [-0.15, -0.1) is 0 Å². The van der Waals surface area contributed by atoms with E-state index in [0.717, 1.165) is 23.1 Å². The quantitative estimate of drug-likeness (QED) is 0.705. The van der Waals surface area contributed by atoms with E-state index in [-0.39, 0.29) is 12.5 Å². The van der Waals surface area contributed by atoms with Gasteiger partial charge in [0.2, 0.25) is 15.9 Å². The summed E-state index contributed by atoms with van der Waals surface area (Å²) in [7, 11) is -3.51. The lowest BCUT2D eigenvalue weighted by Crippen LogP contribution is -2.51. The molecule has 1 N–H and O–H groups in total. The molecule has 1 heterocycles. The van der Waals surface area contributed by atoms with E-state index in [1.54, 1.807) is 6.07 Å². The highest BCUT2D eigenvalue weighted by Crippen LogP contribution is 2.22. The highest BCUT2D eigenvalue weighted by molar-refractivity contribution is 7.89. The normalized spacial score (nSPS) is 15.8. The maximum Gasteiger partial charge on any atom is 0.243 e. The molecular formula is C22H28ClN3O3S. The number of nitrogens with zero attached hydrogens (tertiary/aromatic N) is 2. The molecule has 30 heavy (non-hydrogen) atoms. The Morgan fingerprint density at radius 1 is 1.03 bits per heavy atom. The number of sulfonamides is 1. The Balaban J connectivity index is 1.45. The van der Waals surface area contributed by atoms with Crippen LogP contribution in [0, 0.1) is 13.8 Å². The molecule has 0 aromatic heterocycles. The summed E-state index contributed by atoms with van der Waals surface area (Å²) in [6.45, 7) is 6.44. The number of piperazine rings is 1. The van der Waals surface area contributed by atoms with E-state index < -0.39 is 10.0 Å². The first-order valence-corrected chi connectivity index (χ1v) is 11.9. The average Bonchev–Trinajstić information content (AvgIpc) is 2.69. The Kier molecular flexibility index (Phi) is 7.52. The van der Waals surface area contributed by atoms with Crippen molar-refractivity contribution in [1.82, 2.24) is 14.5 Å². The van der Waals surface area contributed by atoms with Gasteiger partial charge in [-0.1, -0.05) is 41.4 Å². The molecule has 8 heteroatoms. The highest BCUT2D eigenvalue weighted by Gasteiger charge is 2.30. The Hall–Kier alpha value is -1.93. The molecule has 0 bridgehead atoms. The number of rotatable bonds is 7. The van der Waals surface area contributed by atoms with Crippen molar-refractivity contribution >= 4 is 27.5 Å². The molecular weight excluding hydrogens is 422 g/mol. The maximum atomic E-state index is 13.0. The van der Waals surface area contributed by atoms with Crippen LogP contribution < -0.4 is 5.32 Å². The molecule has 6 nitrogen and oxygen atoms in total. The van der Waals surface area contributed by atoms with Crippen LogP contribution in [0.4, 0.5) is 0 Å². The summed E-state index contributed by atoms with van der Waals surface area (Å²) in [6, 6.07) is 13.0. The van der Waals surface area contributed by atoms with Crippen molar-refractivity contribution in [3.63, 3.8) is 0 Å². The van der Waals surface area contributed by atoms with Gasteiger partial charge < -0.3 is 5.32 Å². The summed E-state index contributed by atoms with van der Waals surface area (Å²) in [5.41, 5.74) is 2.92. The summed E-state index contributed by atoms with van der Waals surface area (Å²) in [4.78, 5) is 14.6. The minimum atomic E-state index is -3.51. The summed E-state index contributed by atoms with van der Waals surface area (Å²) >= 11 is 5.88. The minimum absolute atomic E-state index is 0.0466. The minimum Gasteiger partial charge on any atom is -0.355 e. The molecule has 0 aliphatic carbocycles. The number of hydrogen-bond donors (Lipinski definition) is 1. The third-order valence-electron chi connectivity index (χ3n) is 5.30. The van der Waals surface area contributed by atoms with Crippen LogP contribution in [-0.4, -0.2) is 62.8 Å². The van der Waals surface area contributed by atoms with Crippen molar-refractivity contribution in [3.05, 3.63) is 64.2 Å². The summed E-state index contributed by atoms with van der Waals surface area (Å²) in [5, 5.41) is 3.62. The van der Waals surface area contributed by atoms with Crippen LogP contribution in [0.5, 0.6) is 0 Å². The second kappa shape index (κ2) is 9.92. The smallest absolute Gasteiger partial charge is 0.243 e. The molecule has 3 rings (SSSR count). The van der Waals surface area contributed by atoms with Gasteiger partial charge in [0, 0.05) is 37.7 Å². The fourth-order valence-electron chi connectivity index (χ4n) is 3.61. The fraction of sp³-hybridized carbons (Fsp3) is 0.409. The van der Waals surface area contributed by atoms with Crippen LogP contribution in [0.2, 0.25) is 5.02 Å².